The van der Waals surface area contributed by atoms with Crippen LogP contribution in [0.2, 0.25) is 0 Å². The number of fused-ring (bicyclic) bond motifs is 2. The van der Waals surface area contributed by atoms with E-state index in [9.17, 15) is 0 Å². The number of nitrogens with one attached hydrogen (secondary N) is 1. The van der Waals surface area contributed by atoms with Crippen molar-refractivity contribution in [3.63, 3.8) is 0 Å². The summed E-state index contributed by atoms with van der Waals surface area (Å²) in [6.45, 7) is 4.23. The van der Waals surface area contributed by atoms with E-state index >= 15 is 0 Å². The van der Waals surface area contributed by atoms with Crippen molar-refractivity contribution in [3.8, 4) is 0 Å². The highest BCUT2D eigenvalue weighted by molar-refractivity contribution is 4.98. The molecule has 4 heteroatoms. The van der Waals surface area contributed by atoms with Gasteiger partial charge in [0.05, 0.1) is 12.7 Å². The third kappa shape index (κ3) is 2.38. The van der Waals surface area contributed by atoms with Crippen LogP contribution in [0.25, 0.3) is 0 Å². The standard InChI is InChI=1S/C13H21N3O/c1-2-16(9-13-5-6-14-17-13)12-7-10-3-4-11(8-12)15-10/h5-6,10-12,15H,2-4,7-9H2,1H3. The highest BCUT2D eigenvalue weighted by Gasteiger charge is 2.35. The summed E-state index contributed by atoms with van der Waals surface area (Å²) < 4.78 is 5.22. The summed E-state index contributed by atoms with van der Waals surface area (Å²) in [6, 6.07) is 4.19. The molecule has 94 valence electrons. The number of piperidine rings is 1. The number of nitrogens with zero attached hydrogens (tertiary/aromatic N) is 2. The highest BCUT2D eigenvalue weighted by atomic mass is 16.5. The average molecular weight is 235 g/mol. The summed E-state index contributed by atoms with van der Waals surface area (Å²) >= 11 is 0. The minimum atomic E-state index is 0.712. The zero-order valence-electron chi connectivity index (χ0n) is 10.4. The van der Waals surface area contributed by atoms with Gasteiger partial charge in [-0.15, -0.1) is 0 Å². The van der Waals surface area contributed by atoms with E-state index in [-0.39, 0.29) is 0 Å². The van der Waals surface area contributed by atoms with Crippen molar-refractivity contribution in [3.05, 3.63) is 18.0 Å². The molecule has 1 aromatic rings. The lowest BCUT2D eigenvalue weighted by molar-refractivity contribution is 0.128. The van der Waals surface area contributed by atoms with Gasteiger partial charge in [0.2, 0.25) is 0 Å². The lowest BCUT2D eigenvalue weighted by Crippen LogP contribution is -2.47. The molecule has 0 spiro atoms. The molecule has 2 aliphatic heterocycles. The van der Waals surface area contributed by atoms with Crippen LogP contribution < -0.4 is 5.32 Å². The zero-order valence-corrected chi connectivity index (χ0v) is 10.4. The van der Waals surface area contributed by atoms with Crippen LogP contribution in [-0.2, 0) is 6.54 Å². The fourth-order valence-electron chi connectivity index (χ4n) is 3.35. The lowest BCUT2D eigenvalue weighted by Gasteiger charge is -2.36. The molecule has 0 aromatic carbocycles. The predicted octanol–water partition coefficient (Wildman–Crippen LogP) is 1.78. The average Bonchev–Trinajstić information content (AvgIpc) is 2.96. The summed E-state index contributed by atoms with van der Waals surface area (Å²) in [5.41, 5.74) is 0. The molecule has 2 aliphatic rings. The Kier molecular flexibility index (Phi) is 3.16. The van der Waals surface area contributed by atoms with E-state index in [0.29, 0.717) is 6.04 Å². The first-order valence-electron chi connectivity index (χ1n) is 6.75. The van der Waals surface area contributed by atoms with Gasteiger partial charge in [0, 0.05) is 24.2 Å². The third-order valence-electron chi connectivity index (χ3n) is 4.22. The first-order valence-corrected chi connectivity index (χ1v) is 6.75. The van der Waals surface area contributed by atoms with Crippen molar-refractivity contribution in [2.75, 3.05) is 6.54 Å². The summed E-state index contributed by atoms with van der Waals surface area (Å²) in [4.78, 5) is 2.53. The van der Waals surface area contributed by atoms with E-state index in [1.54, 1.807) is 6.20 Å². The molecule has 2 unspecified atom stereocenters. The monoisotopic (exact) mass is 235 g/mol. The fraction of sp³-hybridized carbons (Fsp3) is 0.769. The van der Waals surface area contributed by atoms with Crippen LogP contribution in [-0.4, -0.2) is 34.7 Å². The lowest BCUT2D eigenvalue weighted by atomic mass is 9.98. The van der Waals surface area contributed by atoms with Gasteiger partial charge in [-0.3, -0.25) is 4.90 Å². The second kappa shape index (κ2) is 4.78. The van der Waals surface area contributed by atoms with E-state index < -0.39 is 0 Å². The zero-order chi connectivity index (χ0) is 11.7. The molecule has 1 N–H and O–H groups in total. The Bertz CT molecular complexity index is 340. The minimum Gasteiger partial charge on any atom is -0.360 e. The Hall–Kier alpha value is -0.870. The normalized spacial score (nSPS) is 32.2. The molecule has 17 heavy (non-hydrogen) atoms. The van der Waals surface area contributed by atoms with E-state index in [1.165, 1.54) is 25.7 Å². The molecule has 0 radical (unpaired) electrons. The maximum absolute atomic E-state index is 5.22. The second-order valence-corrected chi connectivity index (χ2v) is 5.30. The van der Waals surface area contributed by atoms with Gasteiger partial charge in [-0.25, -0.2) is 0 Å². The van der Waals surface area contributed by atoms with Gasteiger partial charge < -0.3 is 9.84 Å². The molecule has 2 atom stereocenters. The molecule has 0 saturated carbocycles. The highest BCUT2D eigenvalue weighted by Crippen LogP contribution is 2.30. The van der Waals surface area contributed by atoms with Crippen LogP contribution >= 0.6 is 0 Å². The maximum Gasteiger partial charge on any atom is 0.150 e. The molecule has 0 amide bonds. The summed E-state index contributed by atoms with van der Waals surface area (Å²) in [7, 11) is 0. The molecule has 1 aromatic heterocycles. The molecule has 2 fully saturated rings. The van der Waals surface area contributed by atoms with E-state index in [1.807, 2.05) is 6.07 Å². The minimum absolute atomic E-state index is 0.712. The van der Waals surface area contributed by atoms with Crippen LogP contribution in [0.5, 0.6) is 0 Å². The SMILES string of the molecule is CCN(Cc1ccno1)C1CC2CCC(C1)N2. The first-order chi connectivity index (χ1) is 8.35. The summed E-state index contributed by atoms with van der Waals surface area (Å²) in [6.07, 6.45) is 7.04. The van der Waals surface area contributed by atoms with Crippen molar-refractivity contribution >= 4 is 0 Å². The van der Waals surface area contributed by atoms with Crippen molar-refractivity contribution in [1.29, 1.82) is 0 Å². The Morgan fingerprint density at radius 2 is 2.18 bits per heavy atom. The molecule has 2 bridgehead atoms. The smallest absolute Gasteiger partial charge is 0.150 e. The molecule has 4 nitrogen and oxygen atoms in total. The molecule has 3 rings (SSSR count). The number of hydrogen-bond donors (Lipinski definition) is 1. The fourth-order valence-corrected chi connectivity index (χ4v) is 3.35. The van der Waals surface area contributed by atoms with Crippen LogP contribution in [0, 0.1) is 0 Å². The van der Waals surface area contributed by atoms with Crippen LogP contribution in [0.3, 0.4) is 0 Å². The molecule has 0 aliphatic carbocycles. The number of hydrogen-bond acceptors (Lipinski definition) is 4. The first kappa shape index (κ1) is 11.2. The molecule has 3 heterocycles. The van der Waals surface area contributed by atoms with Gasteiger partial charge in [0.15, 0.2) is 5.76 Å². The molecular weight excluding hydrogens is 214 g/mol. The summed E-state index contributed by atoms with van der Waals surface area (Å²) in [5, 5.41) is 7.48. The van der Waals surface area contributed by atoms with E-state index in [2.05, 4.69) is 22.3 Å². The maximum atomic E-state index is 5.22. The van der Waals surface area contributed by atoms with Gasteiger partial charge >= 0.3 is 0 Å². The largest absolute Gasteiger partial charge is 0.360 e. The topological polar surface area (TPSA) is 41.3 Å². The van der Waals surface area contributed by atoms with Gasteiger partial charge in [0.1, 0.15) is 0 Å². The Morgan fingerprint density at radius 1 is 1.41 bits per heavy atom. The van der Waals surface area contributed by atoms with Crippen LogP contribution in [0.1, 0.15) is 38.4 Å². The van der Waals surface area contributed by atoms with Gasteiger partial charge in [-0.2, -0.15) is 0 Å². The van der Waals surface area contributed by atoms with Crippen molar-refractivity contribution < 1.29 is 4.52 Å². The Labute approximate surface area is 102 Å². The summed E-state index contributed by atoms with van der Waals surface area (Å²) in [5.74, 6) is 0.984. The van der Waals surface area contributed by atoms with Gasteiger partial charge in [-0.05, 0) is 32.2 Å². The van der Waals surface area contributed by atoms with Crippen LogP contribution in [0.4, 0.5) is 0 Å². The van der Waals surface area contributed by atoms with E-state index in [0.717, 1.165) is 30.9 Å². The van der Waals surface area contributed by atoms with Gasteiger partial charge in [0.25, 0.3) is 0 Å². The van der Waals surface area contributed by atoms with E-state index in [4.69, 9.17) is 4.52 Å². The van der Waals surface area contributed by atoms with Crippen LogP contribution in [0.15, 0.2) is 16.8 Å². The second-order valence-electron chi connectivity index (χ2n) is 5.30. The van der Waals surface area contributed by atoms with Crippen molar-refractivity contribution in [2.24, 2.45) is 0 Å². The Morgan fingerprint density at radius 3 is 2.76 bits per heavy atom. The van der Waals surface area contributed by atoms with Crippen molar-refractivity contribution in [2.45, 2.75) is 57.3 Å². The predicted molar refractivity (Wildman–Crippen MR) is 65.6 cm³/mol. The number of rotatable bonds is 4. The Balaban J connectivity index is 1.64. The van der Waals surface area contributed by atoms with Gasteiger partial charge in [-0.1, -0.05) is 12.1 Å². The van der Waals surface area contributed by atoms with Crippen molar-refractivity contribution in [1.82, 2.24) is 15.4 Å². The quantitative estimate of drug-likeness (QED) is 0.863. The number of aromatic nitrogens is 1. The third-order valence-corrected chi connectivity index (χ3v) is 4.22. The molecule has 2 saturated heterocycles. The molecular formula is C13H21N3O.